The Labute approximate surface area is 200 Å². The van der Waals surface area contributed by atoms with Crippen LogP contribution in [0.1, 0.15) is 56.6 Å². The first-order valence-corrected chi connectivity index (χ1v) is 12.6. The Hall–Kier alpha value is -1.57. The van der Waals surface area contributed by atoms with E-state index in [0.29, 0.717) is 37.7 Å². The number of aliphatic hydroxyl groups excluding tert-OH is 3. The quantitative estimate of drug-likeness (QED) is 0.592. The third-order valence-electron chi connectivity index (χ3n) is 10.1. The van der Waals surface area contributed by atoms with Gasteiger partial charge in [0, 0.05) is 12.0 Å². The van der Waals surface area contributed by atoms with Gasteiger partial charge in [-0.15, -0.1) is 0 Å². The molecule has 5 aliphatic rings. The smallest absolute Gasteiger partial charge is 0.158 e. The van der Waals surface area contributed by atoms with E-state index in [0.717, 1.165) is 17.5 Å². The lowest BCUT2D eigenvalue weighted by Gasteiger charge is -2.60. The van der Waals surface area contributed by atoms with E-state index in [-0.39, 0.29) is 24.0 Å². The summed E-state index contributed by atoms with van der Waals surface area (Å²) in [5, 5.41) is 31.3. The van der Waals surface area contributed by atoms with E-state index in [1.165, 1.54) is 5.57 Å². The van der Waals surface area contributed by atoms with Gasteiger partial charge in [0.15, 0.2) is 5.67 Å². The molecule has 5 nitrogen and oxygen atoms in total. The van der Waals surface area contributed by atoms with E-state index in [2.05, 4.69) is 25.1 Å². The van der Waals surface area contributed by atoms with Crippen LogP contribution in [0.4, 0.5) is 4.39 Å². The largest absolute Gasteiger partial charge is 0.392 e. The Morgan fingerprint density at radius 1 is 1.09 bits per heavy atom. The molecule has 3 aliphatic carbocycles. The van der Waals surface area contributed by atoms with Gasteiger partial charge in [-0.05, 0) is 86.4 Å². The van der Waals surface area contributed by atoms with Crippen LogP contribution < -0.4 is 0 Å². The number of benzene rings is 1. The van der Waals surface area contributed by atoms with E-state index in [1.54, 1.807) is 6.08 Å². The van der Waals surface area contributed by atoms with Crippen LogP contribution >= 0.6 is 0 Å². The minimum atomic E-state index is -1.65. The second-order valence-electron chi connectivity index (χ2n) is 11.8. The predicted molar refractivity (Wildman–Crippen MR) is 128 cm³/mol. The van der Waals surface area contributed by atoms with Crippen molar-refractivity contribution in [2.24, 2.45) is 11.3 Å². The molecule has 6 rings (SSSR count). The number of hydrogen-bond donors (Lipinski definition) is 3. The van der Waals surface area contributed by atoms with Crippen molar-refractivity contribution in [2.75, 3.05) is 14.1 Å². The first kappa shape index (κ1) is 22.9. The van der Waals surface area contributed by atoms with Gasteiger partial charge in [0.25, 0.3) is 0 Å². The molecule has 0 radical (unpaired) electrons. The van der Waals surface area contributed by atoms with Crippen molar-refractivity contribution in [1.29, 1.82) is 0 Å². The van der Waals surface area contributed by atoms with Crippen molar-refractivity contribution < 1.29 is 24.4 Å². The summed E-state index contributed by atoms with van der Waals surface area (Å²) >= 11 is 0. The molecule has 34 heavy (non-hydrogen) atoms. The third kappa shape index (κ3) is 2.72. The number of aliphatic hydroxyl groups is 3. The highest BCUT2D eigenvalue weighted by Gasteiger charge is 2.74. The molecule has 2 bridgehead atoms. The molecule has 2 heterocycles. The SMILES string of the molecule is CN(C)[C@H]1C[C@@]23CC[C@]4(O2)C2CC=C(c5ccc(CO)cc5)[C@@]2(C)CCC4(F)C=C3[C@@H](O)[C@@H]1O. The zero-order valence-corrected chi connectivity index (χ0v) is 20.3. The van der Waals surface area contributed by atoms with Crippen molar-refractivity contribution >= 4 is 5.57 Å². The number of fused-ring (bicyclic) bond motifs is 1. The molecular weight excluding hydrogens is 433 g/mol. The Bertz CT molecular complexity index is 1070. The Morgan fingerprint density at radius 3 is 2.50 bits per heavy atom. The number of hydrogen-bond acceptors (Lipinski definition) is 5. The Morgan fingerprint density at radius 2 is 1.82 bits per heavy atom. The van der Waals surface area contributed by atoms with Gasteiger partial charge in [-0.25, -0.2) is 4.39 Å². The molecule has 1 saturated heterocycles. The van der Waals surface area contributed by atoms with Gasteiger partial charge >= 0.3 is 0 Å². The minimum absolute atomic E-state index is 0.00485. The maximum atomic E-state index is 17.0. The normalized spacial score (nSPS) is 47.1. The van der Waals surface area contributed by atoms with Gasteiger partial charge in [-0.2, -0.15) is 0 Å². The van der Waals surface area contributed by atoms with E-state index in [1.807, 2.05) is 31.1 Å². The van der Waals surface area contributed by atoms with Crippen LogP contribution in [0, 0.1) is 11.3 Å². The highest BCUT2D eigenvalue weighted by atomic mass is 19.1. The molecule has 2 aliphatic heterocycles. The molecule has 0 amide bonds. The molecule has 3 fully saturated rings. The zero-order valence-electron chi connectivity index (χ0n) is 20.3. The van der Waals surface area contributed by atoms with Crippen molar-refractivity contribution in [3.63, 3.8) is 0 Å². The second kappa shape index (κ2) is 7.23. The van der Waals surface area contributed by atoms with Crippen LogP contribution in [0.3, 0.4) is 0 Å². The second-order valence-corrected chi connectivity index (χ2v) is 11.8. The fraction of sp³-hybridized carbons (Fsp3) is 0.643. The average molecular weight is 470 g/mol. The van der Waals surface area contributed by atoms with Gasteiger partial charge in [0.1, 0.15) is 11.7 Å². The predicted octanol–water partition coefficient (Wildman–Crippen LogP) is 3.37. The van der Waals surface area contributed by atoms with Crippen LogP contribution in [-0.4, -0.2) is 69.4 Å². The molecule has 184 valence electrons. The zero-order chi connectivity index (χ0) is 24.1. The fourth-order valence-corrected chi connectivity index (χ4v) is 8.22. The molecule has 2 saturated carbocycles. The summed E-state index contributed by atoms with van der Waals surface area (Å²) in [4.78, 5) is 1.95. The first-order valence-electron chi connectivity index (χ1n) is 12.6. The lowest BCUT2D eigenvalue weighted by atomic mass is 9.53. The van der Waals surface area contributed by atoms with Crippen LogP contribution in [0.25, 0.3) is 5.57 Å². The standard InChI is InChI=1S/C28H36FNO4/c1-25-10-12-27(29)14-20-23(32)24(33)21(30(2)3)15-26(20)11-13-28(27,34-26)22(25)9-8-19(25)18-6-4-17(16-31)5-7-18/h4-8,14,21-24,31-33H,9-13,15-16H2,1-3H3/t21-,22?,23+,24+,25+,26+,27?,28-/m0/s1. The molecule has 2 unspecified atom stereocenters. The number of halogens is 1. The van der Waals surface area contributed by atoms with Crippen molar-refractivity contribution in [3.8, 4) is 0 Å². The molecule has 3 N–H and O–H groups in total. The van der Waals surface area contributed by atoms with Crippen molar-refractivity contribution in [3.05, 3.63) is 53.1 Å². The topological polar surface area (TPSA) is 73.2 Å². The minimum Gasteiger partial charge on any atom is -0.392 e. The van der Waals surface area contributed by atoms with Crippen molar-refractivity contribution in [2.45, 2.75) is 87.2 Å². The van der Waals surface area contributed by atoms with E-state index in [9.17, 15) is 15.3 Å². The summed E-state index contributed by atoms with van der Waals surface area (Å²) in [6.45, 7) is 2.28. The maximum absolute atomic E-state index is 17.0. The lowest BCUT2D eigenvalue weighted by Crippen LogP contribution is -2.68. The Kier molecular flexibility index (Phi) is 4.86. The number of likely N-dealkylation sites (N-methyl/N-ethyl adjacent to an activating group) is 1. The van der Waals surface area contributed by atoms with Crippen LogP contribution in [0.2, 0.25) is 0 Å². The fourth-order valence-electron chi connectivity index (χ4n) is 8.22. The van der Waals surface area contributed by atoms with Gasteiger partial charge in [0.05, 0.1) is 18.3 Å². The first-order chi connectivity index (χ1) is 16.1. The summed E-state index contributed by atoms with van der Waals surface area (Å²) in [7, 11) is 3.82. The monoisotopic (exact) mass is 469 g/mol. The van der Waals surface area contributed by atoms with Gasteiger partial charge in [-0.3, -0.25) is 0 Å². The van der Waals surface area contributed by atoms with Gasteiger partial charge in [0.2, 0.25) is 0 Å². The average Bonchev–Trinajstić information content (AvgIpc) is 3.35. The van der Waals surface area contributed by atoms with E-state index >= 15 is 4.39 Å². The van der Waals surface area contributed by atoms with Gasteiger partial charge < -0.3 is 25.0 Å². The highest BCUT2D eigenvalue weighted by Crippen LogP contribution is 2.71. The molecule has 6 heteroatoms. The molecule has 1 aromatic rings. The number of nitrogens with zero attached hydrogens (tertiary/aromatic N) is 1. The van der Waals surface area contributed by atoms with Crippen LogP contribution in [0.15, 0.2) is 42.0 Å². The van der Waals surface area contributed by atoms with Crippen LogP contribution in [0.5, 0.6) is 0 Å². The molecule has 0 aromatic heterocycles. The van der Waals surface area contributed by atoms with E-state index < -0.39 is 29.1 Å². The summed E-state index contributed by atoms with van der Waals surface area (Å²) in [5.41, 5.74) is 0.329. The summed E-state index contributed by atoms with van der Waals surface area (Å²) in [6, 6.07) is 7.81. The van der Waals surface area contributed by atoms with Crippen molar-refractivity contribution in [1.82, 2.24) is 4.90 Å². The van der Waals surface area contributed by atoms with E-state index in [4.69, 9.17) is 4.74 Å². The molecule has 8 atom stereocenters. The van der Waals surface area contributed by atoms with Crippen LogP contribution in [-0.2, 0) is 11.3 Å². The number of allylic oxidation sites excluding steroid dienone is 2. The molecule has 2 spiro atoms. The third-order valence-corrected chi connectivity index (χ3v) is 10.1. The summed E-state index contributed by atoms with van der Waals surface area (Å²) < 4.78 is 24.0. The summed E-state index contributed by atoms with van der Waals surface area (Å²) in [5.74, 6) is 0.00485. The maximum Gasteiger partial charge on any atom is 0.158 e. The highest BCUT2D eigenvalue weighted by molar-refractivity contribution is 5.74. The Balaban J connectivity index is 1.40. The molecular formula is C28H36FNO4. The number of rotatable bonds is 3. The summed E-state index contributed by atoms with van der Waals surface area (Å²) in [6.07, 6.45) is 5.54. The lowest BCUT2D eigenvalue weighted by molar-refractivity contribution is -0.239. The van der Waals surface area contributed by atoms with Gasteiger partial charge in [-0.1, -0.05) is 37.3 Å². The molecule has 1 aromatic carbocycles. The number of ether oxygens (including phenoxy) is 1. The number of alkyl halides is 1.